The number of thiophene rings is 1. The van der Waals surface area contributed by atoms with Crippen molar-refractivity contribution in [1.82, 2.24) is 4.98 Å². The fourth-order valence-corrected chi connectivity index (χ4v) is 2.88. The third-order valence-corrected chi connectivity index (χ3v) is 3.69. The smallest absolute Gasteiger partial charge is 0.180 e. The summed E-state index contributed by atoms with van der Waals surface area (Å²) >= 11 is 5.03. The van der Waals surface area contributed by atoms with Gasteiger partial charge >= 0.3 is 0 Å². The van der Waals surface area contributed by atoms with Gasteiger partial charge in [0.15, 0.2) is 11.5 Å². The number of hydrogen-bond donors (Lipinski definition) is 0. The average molecular weight is 298 g/mol. The molecule has 1 aliphatic heterocycles. The van der Waals surface area contributed by atoms with Crippen LogP contribution in [0.25, 0.3) is 10.4 Å². The van der Waals surface area contributed by atoms with Gasteiger partial charge in [-0.05, 0) is 22.0 Å². The first kappa shape index (κ1) is 10.1. The predicted molar refractivity (Wildman–Crippen MR) is 66.2 cm³/mol. The lowest BCUT2D eigenvalue weighted by Crippen LogP contribution is -2.14. The highest BCUT2D eigenvalue weighted by Crippen LogP contribution is 2.45. The summed E-state index contributed by atoms with van der Waals surface area (Å²) in [6.07, 6.45) is 3.59. The molecule has 0 fully saturated rings. The summed E-state index contributed by atoms with van der Waals surface area (Å²) in [6, 6.07) is 2.02. The van der Waals surface area contributed by atoms with Crippen molar-refractivity contribution < 1.29 is 9.47 Å². The van der Waals surface area contributed by atoms with Gasteiger partial charge in [0.25, 0.3) is 0 Å². The highest BCUT2D eigenvalue weighted by atomic mass is 79.9. The van der Waals surface area contributed by atoms with E-state index in [0.29, 0.717) is 13.2 Å². The number of halogens is 1. The van der Waals surface area contributed by atoms with Gasteiger partial charge in [0, 0.05) is 27.8 Å². The van der Waals surface area contributed by atoms with Crippen molar-refractivity contribution in [2.24, 2.45) is 0 Å². The average Bonchev–Trinajstić information content (AvgIpc) is 2.72. The Morgan fingerprint density at radius 1 is 1.25 bits per heavy atom. The molecular weight excluding hydrogens is 290 g/mol. The molecule has 3 heterocycles. The second-order valence-corrected chi connectivity index (χ2v) is 5.14. The lowest BCUT2D eigenvalue weighted by atomic mass is 10.2. The highest BCUT2D eigenvalue weighted by Gasteiger charge is 2.19. The second-order valence-electron chi connectivity index (χ2n) is 3.35. The Balaban J connectivity index is 2.09. The van der Waals surface area contributed by atoms with Crippen LogP contribution in [0.1, 0.15) is 0 Å². The largest absolute Gasteiger partial charge is 0.485 e. The van der Waals surface area contributed by atoms with Gasteiger partial charge in [0.1, 0.15) is 13.2 Å². The fraction of sp³-hybridized carbons (Fsp3) is 0.182. The Morgan fingerprint density at radius 3 is 3.00 bits per heavy atom. The molecule has 0 bridgehead atoms. The van der Waals surface area contributed by atoms with Crippen molar-refractivity contribution in [1.29, 1.82) is 0 Å². The van der Waals surface area contributed by atoms with Gasteiger partial charge in [-0.25, -0.2) is 0 Å². The molecule has 1 aliphatic rings. The molecule has 0 aliphatic carbocycles. The number of rotatable bonds is 1. The van der Waals surface area contributed by atoms with Gasteiger partial charge in [0.2, 0.25) is 0 Å². The molecule has 3 nitrogen and oxygen atoms in total. The quantitative estimate of drug-likeness (QED) is 0.809. The first-order valence-corrected chi connectivity index (χ1v) is 6.50. The summed E-state index contributed by atoms with van der Waals surface area (Å²) in [6.45, 7) is 1.23. The molecule has 0 amide bonds. The van der Waals surface area contributed by atoms with Crippen LogP contribution in [-0.2, 0) is 0 Å². The highest BCUT2D eigenvalue weighted by molar-refractivity contribution is 9.10. The first-order valence-electron chi connectivity index (χ1n) is 4.82. The third-order valence-electron chi connectivity index (χ3n) is 2.27. The molecule has 2 aromatic heterocycles. The zero-order chi connectivity index (χ0) is 11.0. The van der Waals surface area contributed by atoms with Gasteiger partial charge in [-0.15, -0.1) is 11.3 Å². The van der Waals surface area contributed by atoms with Crippen LogP contribution in [0.5, 0.6) is 11.5 Å². The molecule has 0 saturated carbocycles. The van der Waals surface area contributed by atoms with E-state index >= 15 is 0 Å². The molecule has 0 N–H and O–H groups in total. The maximum atomic E-state index is 5.63. The summed E-state index contributed by atoms with van der Waals surface area (Å²) in [7, 11) is 0. The van der Waals surface area contributed by atoms with Crippen LogP contribution in [0.4, 0.5) is 0 Å². The molecule has 2 aromatic rings. The van der Waals surface area contributed by atoms with Crippen molar-refractivity contribution in [2.75, 3.05) is 13.2 Å². The number of hydrogen-bond acceptors (Lipinski definition) is 4. The molecule has 0 spiro atoms. The third kappa shape index (κ3) is 1.70. The Kier molecular flexibility index (Phi) is 2.57. The van der Waals surface area contributed by atoms with Gasteiger partial charge in [-0.3, -0.25) is 4.98 Å². The van der Waals surface area contributed by atoms with E-state index in [1.807, 2.05) is 17.6 Å². The lowest BCUT2D eigenvalue weighted by Gasteiger charge is -2.15. The number of pyridine rings is 1. The molecule has 0 atom stereocenters. The van der Waals surface area contributed by atoms with Crippen LogP contribution in [0.15, 0.2) is 28.3 Å². The fourth-order valence-electron chi connectivity index (χ4n) is 1.60. The molecular formula is C11H8BrNO2S. The molecule has 0 radical (unpaired) electrons. The van der Waals surface area contributed by atoms with Crippen LogP contribution in [0, 0.1) is 0 Å². The van der Waals surface area contributed by atoms with Gasteiger partial charge < -0.3 is 9.47 Å². The minimum Gasteiger partial charge on any atom is -0.485 e. The van der Waals surface area contributed by atoms with Crippen LogP contribution in [0.2, 0.25) is 0 Å². The van der Waals surface area contributed by atoms with Crippen molar-refractivity contribution >= 4 is 27.3 Å². The SMILES string of the molecule is Brc1cncc(-c2scc3c2OCCO3)c1. The van der Waals surface area contributed by atoms with E-state index in [1.165, 1.54) is 0 Å². The van der Waals surface area contributed by atoms with Crippen LogP contribution in [0.3, 0.4) is 0 Å². The number of aromatic nitrogens is 1. The zero-order valence-corrected chi connectivity index (χ0v) is 10.7. The minimum absolute atomic E-state index is 0.609. The predicted octanol–water partition coefficient (Wildman–Crippen LogP) is 3.34. The molecule has 16 heavy (non-hydrogen) atoms. The molecule has 3 rings (SSSR count). The minimum atomic E-state index is 0.609. The van der Waals surface area contributed by atoms with Gasteiger partial charge in [-0.1, -0.05) is 0 Å². The van der Waals surface area contributed by atoms with E-state index in [2.05, 4.69) is 20.9 Å². The Morgan fingerprint density at radius 2 is 2.12 bits per heavy atom. The van der Waals surface area contributed by atoms with E-state index in [9.17, 15) is 0 Å². The first-order chi connectivity index (χ1) is 7.84. The van der Waals surface area contributed by atoms with Crippen molar-refractivity contribution in [3.05, 3.63) is 28.3 Å². The molecule has 0 unspecified atom stereocenters. The zero-order valence-electron chi connectivity index (χ0n) is 8.27. The summed E-state index contributed by atoms with van der Waals surface area (Å²) in [5, 5.41) is 1.98. The van der Waals surface area contributed by atoms with E-state index < -0.39 is 0 Å². The van der Waals surface area contributed by atoms with Gasteiger partial charge in [-0.2, -0.15) is 0 Å². The molecule has 82 valence electrons. The lowest BCUT2D eigenvalue weighted by molar-refractivity contribution is 0.174. The normalized spacial score (nSPS) is 13.8. The second kappa shape index (κ2) is 4.07. The number of fused-ring (bicyclic) bond motifs is 1. The van der Waals surface area contributed by atoms with Crippen molar-refractivity contribution in [3.63, 3.8) is 0 Å². The van der Waals surface area contributed by atoms with Crippen molar-refractivity contribution in [2.45, 2.75) is 0 Å². The van der Waals surface area contributed by atoms with Crippen molar-refractivity contribution in [3.8, 4) is 21.9 Å². The summed E-state index contributed by atoms with van der Waals surface area (Å²) < 4.78 is 12.1. The van der Waals surface area contributed by atoms with E-state index in [1.54, 1.807) is 17.5 Å². The molecule has 0 aromatic carbocycles. The Hall–Kier alpha value is -1.07. The maximum absolute atomic E-state index is 5.63. The van der Waals surface area contributed by atoms with Crippen LogP contribution < -0.4 is 9.47 Å². The van der Waals surface area contributed by atoms with E-state index in [0.717, 1.165) is 26.4 Å². The van der Waals surface area contributed by atoms with Crippen LogP contribution >= 0.6 is 27.3 Å². The molecule has 0 saturated heterocycles. The topological polar surface area (TPSA) is 31.4 Å². The standard InChI is InChI=1S/C11H8BrNO2S/c12-8-3-7(4-13-5-8)11-10-9(6-16-11)14-1-2-15-10/h3-6H,1-2H2. The van der Waals surface area contributed by atoms with Crippen LogP contribution in [-0.4, -0.2) is 18.2 Å². The monoisotopic (exact) mass is 297 g/mol. The van der Waals surface area contributed by atoms with E-state index in [4.69, 9.17) is 9.47 Å². The van der Waals surface area contributed by atoms with E-state index in [-0.39, 0.29) is 0 Å². The number of ether oxygens (including phenoxy) is 2. The Labute approximate surface area is 105 Å². The number of nitrogens with zero attached hydrogens (tertiary/aromatic N) is 1. The summed E-state index contributed by atoms with van der Waals surface area (Å²) in [5.41, 5.74) is 1.05. The summed E-state index contributed by atoms with van der Waals surface area (Å²) in [5.74, 6) is 1.68. The summed E-state index contributed by atoms with van der Waals surface area (Å²) in [4.78, 5) is 5.23. The molecule has 5 heteroatoms. The Bertz CT molecular complexity index is 526. The maximum Gasteiger partial charge on any atom is 0.180 e. The van der Waals surface area contributed by atoms with Gasteiger partial charge in [0.05, 0.1) is 4.88 Å².